The van der Waals surface area contributed by atoms with Crippen molar-refractivity contribution in [1.82, 2.24) is 4.31 Å². The number of carbonyl (C=O) groups excluding carboxylic acids is 1. The van der Waals surface area contributed by atoms with Crippen molar-refractivity contribution in [3.8, 4) is 0 Å². The van der Waals surface area contributed by atoms with Crippen molar-refractivity contribution in [1.29, 1.82) is 0 Å². The minimum absolute atomic E-state index is 0.213. The van der Waals surface area contributed by atoms with E-state index >= 15 is 0 Å². The van der Waals surface area contributed by atoms with Crippen LogP contribution in [0.5, 0.6) is 0 Å². The molecule has 25 heavy (non-hydrogen) atoms. The molecule has 1 aliphatic heterocycles. The molecule has 1 heterocycles. The minimum atomic E-state index is -3.47. The third-order valence-electron chi connectivity index (χ3n) is 4.34. The van der Waals surface area contributed by atoms with Gasteiger partial charge < -0.3 is 5.32 Å². The number of nitrogens with zero attached hydrogens (tertiary/aromatic N) is 1. The average molecular weight is 379 g/mol. The molecule has 2 aromatic rings. The predicted octanol–water partition coefficient (Wildman–Crippen LogP) is 3.69. The van der Waals surface area contributed by atoms with Crippen LogP contribution in [0.3, 0.4) is 0 Å². The number of hydrogen-bond acceptors (Lipinski definition) is 3. The van der Waals surface area contributed by atoms with Gasteiger partial charge in [-0.05, 0) is 61.7 Å². The number of sulfonamides is 1. The first kappa shape index (κ1) is 17.9. The zero-order valence-electron chi connectivity index (χ0n) is 13.8. The molecule has 1 amide bonds. The van der Waals surface area contributed by atoms with E-state index in [4.69, 9.17) is 11.6 Å². The number of benzene rings is 2. The highest BCUT2D eigenvalue weighted by atomic mass is 35.5. The number of anilines is 1. The highest BCUT2D eigenvalue weighted by Crippen LogP contribution is 2.24. The molecular weight excluding hydrogens is 360 g/mol. The molecule has 5 nitrogen and oxygen atoms in total. The van der Waals surface area contributed by atoms with Gasteiger partial charge >= 0.3 is 0 Å². The molecule has 1 aliphatic rings. The molecule has 1 saturated heterocycles. The SMILES string of the molecule is Cc1c(Cl)cccc1NC(=O)c1ccc(S(=O)(=O)N2CCCC2)cc1. The largest absolute Gasteiger partial charge is 0.322 e. The Morgan fingerprint density at radius 2 is 1.72 bits per heavy atom. The lowest BCUT2D eigenvalue weighted by molar-refractivity contribution is 0.102. The van der Waals surface area contributed by atoms with Crippen molar-refractivity contribution in [3.63, 3.8) is 0 Å². The summed E-state index contributed by atoms with van der Waals surface area (Å²) in [6.45, 7) is 2.93. The predicted molar refractivity (Wildman–Crippen MR) is 98.6 cm³/mol. The number of hydrogen-bond donors (Lipinski definition) is 1. The summed E-state index contributed by atoms with van der Waals surface area (Å²) in [4.78, 5) is 12.6. The van der Waals surface area contributed by atoms with Crippen LogP contribution in [0.25, 0.3) is 0 Å². The maximum atomic E-state index is 12.5. The summed E-state index contributed by atoms with van der Waals surface area (Å²) < 4.78 is 26.5. The van der Waals surface area contributed by atoms with E-state index in [0.717, 1.165) is 18.4 Å². The fraction of sp³-hybridized carbons (Fsp3) is 0.278. The summed E-state index contributed by atoms with van der Waals surface area (Å²) in [5, 5.41) is 3.37. The maximum absolute atomic E-state index is 12.5. The summed E-state index contributed by atoms with van der Waals surface area (Å²) in [6.07, 6.45) is 1.78. The van der Waals surface area contributed by atoms with Crippen LogP contribution in [0.1, 0.15) is 28.8 Å². The Kier molecular flexibility index (Phi) is 5.13. The maximum Gasteiger partial charge on any atom is 0.255 e. The van der Waals surface area contributed by atoms with Gasteiger partial charge in [0.05, 0.1) is 4.90 Å². The van der Waals surface area contributed by atoms with Crippen LogP contribution in [0.2, 0.25) is 5.02 Å². The fourth-order valence-corrected chi connectivity index (χ4v) is 4.48. The highest BCUT2D eigenvalue weighted by Gasteiger charge is 2.27. The molecule has 0 spiro atoms. The standard InChI is InChI=1S/C18H19ClN2O3S/c1-13-16(19)5-4-6-17(13)20-18(22)14-7-9-15(10-8-14)25(23,24)21-11-2-3-12-21/h4-10H,2-3,11-12H2,1H3,(H,20,22). The monoisotopic (exact) mass is 378 g/mol. The number of amides is 1. The molecule has 0 aliphatic carbocycles. The Bertz CT molecular complexity index is 889. The molecule has 0 saturated carbocycles. The third-order valence-corrected chi connectivity index (χ3v) is 6.66. The van der Waals surface area contributed by atoms with Gasteiger partial charge in [0.2, 0.25) is 10.0 Å². The average Bonchev–Trinajstić information content (AvgIpc) is 3.14. The van der Waals surface area contributed by atoms with Crippen molar-refractivity contribution in [2.75, 3.05) is 18.4 Å². The molecular formula is C18H19ClN2O3S. The van der Waals surface area contributed by atoms with Gasteiger partial charge in [-0.1, -0.05) is 17.7 Å². The Balaban J connectivity index is 1.78. The van der Waals surface area contributed by atoms with E-state index in [1.807, 2.05) is 6.92 Å². The Labute approximate surface area is 152 Å². The van der Waals surface area contributed by atoms with Gasteiger partial charge in [-0.25, -0.2) is 8.42 Å². The van der Waals surface area contributed by atoms with E-state index in [9.17, 15) is 13.2 Å². The van der Waals surface area contributed by atoms with E-state index in [1.165, 1.54) is 28.6 Å². The summed E-state index contributed by atoms with van der Waals surface area (Å²) in [7, 11) is -3.47. The Morgan fingerprint density at radius 1 is 1.08 bits per heavy atom. The van der Waals surface area contributed by atoms with E-state index in [-0.39, 0.29) is 10.8 Å². The molecule has 132 valence electrons. The summed E-state index contributed by atoms with van der Waals surface area (Å²) in [5.41, 5.74) is 1.80. The zero-order valence-corrected chi connectivity index (χ0v) is 15.4. The van der Waals surface area contributed by atoms with Crippen LogP contribution in [-0.2, 0) is 10.0 Å². The van der Waals surface area contributed by atoms with Crippen LogP contribution >= 0.6 is 11.6 Å². The second kappa shape index (κ2) is 7.15. The van der Waals surface area contributed by atoms with E-state index in [2.05, 4.69) is 5.32 Å². The van der Waals surface area contributed by atoms with Crippen LogP contribution in [0, 0.1) is 6.92 Å². The zero-order chi connectivity index (χ0) is 18.0. The molecule has 0 bridgehead atoms. The van der Waals surface area contributed by atoms with Crippen molar-refractivity contribution >= 4 is 33.2 Å². The van der Waals surface area contributed by atoms with Crippen LogP contribution in [0.15, 0.2) is 47.4 Å². The smallest absolute Gasteiger partial charge is 0.255 e. The molecule has 0 atom stereocenters. The second-order valence-electron chi connectivity index (χ2n) is 6.00. The fourth-order valence-electron chi connectivity index (χ4n) is 2.79. The first-order valence-corrected chi connectivity index (χ1v) is 9.88. The molecule has 3 rings (SSSR count). The third kappa shape index (κ3) is 3.71. The van der Waals surface area contributed by atoms with Gasteiger partial charge in [0.1, 0.15) is 0 Å². The van der Waals surface area contributed by atoms with Crippen LogP contribution < -0.4 is 5.32 Å². The first-order chi connectivity index (χ1) is 11.9. The van der Waals surface area contributed by atoms with Crippen LogP contribution in [-0.4, -0.2) is 31.7 Å². The van der Waals surface area contributed by atoms with E-state index in [0.29, 0.717) is 29.4 Å². The van der Waals surface area contributed by atoms with Gasteiger partial charge in [-0.3, -0.25) is 4.79 Å². The number of carbonyl (C=O) groups is 1. The van der Waals surface area contributed by atoms with Gasteiger partial charge in [-0.2, -0.15) is 4.31 Å². The highest BCUT2D eigenvalue weighted by molar-refractivity contribution is 7.89. The molecule has 2 aromatic carbocycles. The number of halogens is 1. The van der Waals surface area contributed by atoms with E-state index in [1.54, 1.807) is 18.2 Å². The Hall–Kier alpha value is -1.89. The topological polar surface area (TPSA) is 66.5 Å². The number of nitrogens with one attached hydrogen (secondary N) is 1. The van der Waals surface area contributed by atoms with Crippen LogP contribution in [0.4, 0.5) is 5.69 Å². The second-order valence-corrected chi connectivity index (χ2v) is 8.35. The normalized spacial score (nSPS) is 15.3. The Morgan fingerprint density at radius 3 is 2.36 bits per heavy atom. The van der Waals surface area contributed by atoms with Crippen molar-refractivity contribution in [2.24, 2.45) is 0 Å². The molecule has 7 heteroatoms. The molecule has 0 aromatic heterocycles. The molecule has 0 unspecified atom stereocenters. The molecule has 1 fully saturated rings. The lowest BCUT2D eigenvalue weighted by Crippen LogP contribution is -2.27. The lowest BCUT2D eigenvalue weighted by Gasteiger charge is -2.15. The van der Waals surface area contributed by atoms with Gasteiger partial charge in [0, 0.05) is 29.4 Å². The van der Waals surface area contributed by atoms with Gasteiger partial charge in [-0.15, -0.1) is 0 Å². The minimum Gasteiger partial charge on any atom is -0.322 e. The van der Waals surface area contributed by atoms with E-state index < -0.39 is 10.0 Å². The van der Waals surface area contributed by atoms with Gasteiger partial charge in [0.15, 0.2) is 0 Å². The first-order valence-electron chi connectivity index (χ1n) is 8.06. The van der Waals surface area contributed by atoms with Crippen molar-refractivity contribution < 1.29 is 13.2 Å². The quantitative estimate of drug-likeness (QED) is 0.882. The molecule has 0 radical (unpaired) electrons. The number of rotatable bonds is 4. The van der Waals surface area contributed by atoms with Crippen molar-refractivity contribution in [2.45, 2.75) is 24.7 Å². The summed E-state index contributed by atoms with van der Waals surface area (Å²) in [6, 6.07) is 11.3. The van der Waals surface area contributed by atoms with Crippen molar-refractivity contribution in [3.05, 3.63) is 58.6 Å². The van der Waals surface area contributed by atoms with Gasteiger partial charge in [0.25, 0.3) is 5.91 Å². The summed E-state index contributed by atoms with van der Waals surface area (Å²) in [5.74, 6) is -0.310. The molecule has 1 N–H and O–H groups in total. The lowest BCUT2D eigenvalue weighted by atomic mass is 10.1. The summed E-state index contributed by atoms with van der Waals surface area (Å²) >= 11 is 6.05.